The van der Waals surface area contributed by atoms with Gasteiger partial charge >= 0.3 is 0 Å². The van der Waals surface area contributed by atoms with Gasteiger partial charge in [0, 0.05) is 19.6 Å². The molecule has 0 saturated carbocycles. The number of carbonyl (C=O) groups is 1. The standard InChI is InChI=1S/C19H31N5O.HI/c1-2-21-19(23-14-16-8-4-3-5-9-16)22-11-7-13-24-12-6-10-17(15-24)18(20)25;/h3-5,8-9,17H,2,6-7,10-15H2,1H3,(H2,20,25)(H2,21,22,23);1H. The van der Waals surface area contributed by atoms with E-state index in [0.717, 1.165) is 57.9 Å². The Morgan fingerprint density at radius 2 is 2.08 bits per heavy atom. The van der Waals surface area contributed by atoms with Crippen LogP contribution in [0, 0.1) is 5.92 Å². The Bertz CT molecular complexity index is 552. The highest BCUT2D eigenvalue weighted by Crippen LogP contribution is 2.15. The first-order chi connectivity index (χ1) is 12.2. The summed E-state index contributed by atoms with van der Waals surface area (Å²) in [5.41, 5.74) is 6.64. The molecule has 1 fully saturated rings. The van der Waals surface area contributed by atoms with Crippen LogP contribution in [0.3, 0.4) is 0 Å². The summed E-state index contributed by atoms with van der Waals surface area (Å²) in [5, 5.41) is 6.66. The van der Waals surface area contributed by atoms with E-state index in [1.165, 1.54) is 5.56 Å². The van der Waals surface area contributed by atoms with Crippen LogP contribution < -0.4 is 16.4 Å². The minimum absolute atomic E-state index is 0. The van der Waals surface area contributed by atoms with Crippen molar-refractivity contribution in [2.24, 2.45) is 16.6 Å². The van der Waals surface area contributed by atoms with E-state index in [1.54, 1.807) is 0 Å². The summed E-state index contributed by atoms with van der Waals surface area (Å²) in [5.74, 6) is 0.705. The largest absolute Gasteiger partial charge is 0.369 e. The summed E-state index contributed by atoms with van der Waals surface area (Å²) in [7, 11) is 0. The molecule has 4 N–H and O–H groups in total. The van der Waals surface area contributed by atoms with E-state index in [-0.39, 0.29) is 35.8 Å². The summed E-state index contributed by atoms with van der Waals surface area (Å²) in [6.45, 7) is 7.28. The summed E-state index contributed by atoms with van der Waals surface area (Å²) in [6, 6.07) is 10.2. The maximum Gasteiger partial charge on any atom is 0.221 e. The van der Waals surface area contributed by atoms with Gasteiger partial charge in [0.05, 0.1) is 12.5 Å². The van der Waals surface area contributed by atoms with E-state index in [0.29, 0.717) is 6.54 Å². The number of benzene rings is 1. The van der Waals surface area contributed by atoms with Crippen LogP contribution in [0.1, 0.15) is 31.7 Å². The van der Waals surface area contributed by atoms with Crippen molar-refractivity contribution in [1.82, 2.24) is 15.5 Å². The normalized spacial score (nSPS) is 18.0. The van der Waals surface area contributed by atoms with Crippen LogP contribution in [0.5, 0.6) is 0 Å². The lowest BCUT2D eigenvalue weighted by Crippen LogP contribution is -2.43. The zero-order valence-corrected chi connectivity index (χ0v) is 17.9. The number of hydrogen-bond acceptors (Lipinski definition) is 3. The Balaban J connectivity index is 0.00000338. The Hall–Kier alpha value is -1.35. The number of rotatable bonds is 8. The molecule has 1 heterocycles. The van der Waals surface area contributed by atoms with E-state index in [4.69, 9.17) is 5.73 Å². The lowest BCUT2D eigenvalue weighted by Gasteiger charge is -2.31. The van der Waals surface area contributed by atoms with Crippen molar-refractivity contribution in [2.75, 3.05) is 32.7 Å². The lowest BCUT2D eigenvalue weighted by atomic mass is 9.97. The van der Waals surface area contributed by atoms with Crippen molar-refractivity contribution in [2.45, 2.75) is 32.7 Å². The van der Waals surface area contributed by atoms with Crippen LogP contribution in [0.4, 0.5) is 0 Å². The second kappa shape index (κ2) is 12.9. The Morgan fingerprint density at radius 3 is 2.77 bits per heavy atom. The van der Waals surface area contributed by atoms with Gasteiger partial charge in [0.25, 0.3) is 0 Å². The molecule has 0 bridgehead atoms. The predicted octanol–water partition coefficient (Wildman–Crippen LogP) is 1.95. The molecule has 7 heteroatoms. The number of carbonyl (C=O) groups excluding carboxylic acids is 1. The second-order valence-electron chi connectivity index (χ2n) is 6.50. The summed E-state index contributed by atoms with van der Waals surface area (Å²) in [6.07, 6.45) is 3.00. The maximum atomic E-state index is 11.3. The number of nitrogens with one attached hydrogen (secondary N) is 2. The molecule has 1 aliphatic rings. The molecule has 1 aromatic carbocycles. The smallest absolute Gasteiger partial charge is 0.221 e. The van der Waals surface area contributed by atoms with Crippen molar-refractivity contribution < 1.29 is 4.79 Å². The minimum Gasteiger partial charge on any atom is -0.369 e. The Labute approximate surface area is 174 Å². The van der Waals surface area contributed by atoms with Crippen LogP contribution in [-0.2, 0) is 11.3 Å². The number of likely N-dealkylation sites (tertiary alicyclic amines) is 1. The van der Waals surface area contributed by atoms with E-state index in [1.807, 2.05) is 18.2 Å². The zero-order chi connectivity index (χ0) is 17.9. The van der Waals surface area contributed by atoms with Gasteiger partial charge in [-0.25, -0.2) is 4.99 Å². The molecule has 0 aliphatic carbocycles. The second-order valence-corrected chi connectivity index (χ2v) is 6.50. The van der Waals surface area contributed by atoms with E-state index < -0.39 is 0 Å². The first-order valence-electron chi connectivity index (χ1n) is 9.26. The molecule has 0 spiro atoms. The topological polar surface area (TPSA) is 82.8 Å². The summed E-state index contributed by atoms with van der Waals surface area (Å²) >= 11 is 0. The highest BCUT2D eigenvalue weighted by atomic mass is 127. The van der Waals surface area contributed by atoms with Gasteiger partial charge in [0.15, 0.2) is 5.96 Å². The number of aliphatic imine (C=N–C) groups is 1. The van der Waals surface area contributed by atoms with Crippen molar-refractivity contribution in [3.8, 4) is 0 Å². The van der Waals surface area contributed by atoms with Gasteiger partial charge in [0.1, 0.15) is 0 Å². The van der Waals surface area contributed by atoms with Gasteiger partial charge in [-0.2, -0.15) is 0 Å². The molecule has 1 amide bonds. The monoisotopic (exact) mass is 473 g/mol. The molecule has 1 unspecified atom stereocenters. The zero-order valence-electron chi connectivity index (χ0n) is 15.6. The van der Waals surface area contributed by atoms with E-state index in [2.05, 4.69) is 39.6 Å². The number of amides is 1. The van der Waals surface area contributed by atoms with Crippen LogP contribution >= 0.6 is 24.0 Å². The molecule has 26 heavy (non-hydrogen) atoms. The quantitative estimate of drug-likeness (QED) is 0.233. The summed E-state index contributed by atoms with van der Waals surface area (Å²) < 4.78 is 0. The van der Waals surface area contributed by atoms with Crippen molar-refractivity contribution >= 4 is 35.8 Å². The molecular formula is C19H32IN5O. The van der Waals surface area contributed by atoms with Crippen LogP contribution in [0.2, 0.25) is 0 Å². The first-order valence-corrected chi connectivity index (χ1v) is 9.26. The molecule has 6 nitrogen and oxygen atoms in total. The number of halogens is 1. The number of nitrogens with zero attached hydrogens (tertiary/aromatic N) is 2. The van der Waals surface area contributed by atoms with Gasteiger partial charge in [-0.1, -0.05) is 30.3 Å². The van der Waals surface area contributed by atoms with Crippen molar-refractivity contribution in [3.05, 3.63) is 35.9 Å². The molecular weight excluding hydrogens is 441 g/mol. The van der Waals surface area contributed by atoms with Crippen LogP contribution in [0.25, 0.3) is 0 Å². The number of piperidine rings is 1. The Morgan fingerprint density at radius 1 is 1.31 bits per heavy atom. The number of hydrogen-bond donors (Lipinski definition) is 3. The van der Waals surface area contributed by atoms with Crippen molar-refractivity contribution in [3.63, 3.8) is 0 Å². The minimum atomic E-state index is -0.162. The molecule has 1 aliphatic heterocycles. The molecule has 0 aromatic heterocycles. The lowest BCUT2D eigenvalue weighted by molar-refractivity contribution is -0.123. The van der Waals surface area contributed by atoms with Crippen LogP contribution in [-0.4, -0.2) is 49.5 Å². The third kappa shape index (κ3) is 8.35. The Kier molecular flexibility index (Phi) is 11.3. The first kappa shape index (κ1) is 22.7. The van der Waals surface area contributed by atoms with Gasteiger partial charge in [-0.05, 0) is 44.8 Å². The fourth-order valence-electron chi connectivity index (χ4n) is 3.10. The van der Waals surface area contributed by atoms with Crippen LogP contribution in [0.15, 0.2) is 35.3 Å². The number of nitrogens with two attached hydrogens (primary N) is 1. The highest BCUT2D eigenvalue weighted by Gasteiger charge is 2.23. The third-order valence-electron chi connectivity index (χ3n) is 4.46. The molecule has 1 saturated heterocycles. The fraction of sp³-hybridized carbons (Fsp3) is 0.579. The number of primary amides is 1. The molecule has 1 aromatic rings. The van der Waals surface area contributed by atoms with E-state index >= 15 is 0 Å². The number of guanidine groups is 1. The molecule has 0 radical (unpaired) electrons. The molecule has 2 rings (SSSR count). The predicted molar refractivity (Wildman–Crippen MR) is 118 cm³/mol. The SMILES string of the molecule is CCNC(=NCc1ccccc1)NCCCN1CCCC(C(N)=O)C1.I. The van der Waals surface area contributed by atoms with Gasteiger partial charge < -0.3 is 21.3 Å². The average Bonchev–Trinajstić information content (AvgIpc) is 2.64. The fourth-order valence-corrected chi connectivity index (χ4v) is 3.10. The van der Waals surface area contributed by atoms with Gasteiger partial charge in [-0.3, -0.25) is 4.79 Å². The van der Waals surface area contributed by atoms with Gasteiger partial charge in [-0.15, -0.1) is 24.0 Å². The highest BCUT2D eigenvalue weighted by molar-refractivity contribution is 14.0. The third-order valence-corrected chi connectivity index (χ3v) is 4.46. The average molecular weight is 473 g/mol. The molecule has 146 valence electrons. The maximum absolute atomic E-state index is 11.3. The van der Waals surface area contributed by atoms with Crippen molar-refractivity contribution in [1.29, 1.82) is 0 Å². The summed E-state index contributed by atoms with van der Waals surface area (Å²) in [4.78, 5) is 18.3. The van der Waals surface area contributed by atoms with E-state index in [9.17, 15) is 4.79 Å². The molecule has 1 atom stereocenters. The van der Waals surface area contributed by atoms with Gasteiger partial charge in [0.2, 0.25) is 5.91 Å².